The van der Waals surface area contributed by atoms with E-state index in [1.54, 1.807) is 0 Å². The van der Waals surface area contributed by atoms with E-state index in [4.69, 9.17) is 0 Å². The summed E-state index contributed by atoms with van der Waals surface area (Å²) < 4.78 is 2.39. The first kappa shape index (κ1) is 13.6. The first-order valence-corrected chi connectivity index (χ1v) is 7.94. The standard InChI is InChI=1S/C18H22N4/c1-18(2)8-13(9-19-18)12-22-6-5-15-7-14(3-4-17(15)22)16-10-20-21-11-16/h3-7,10-11,13,19H,8-9,12H2,1-2H3,(H,20,21). The SMILES string of the molecule is CC1(C)CC(Cn2ccc3cc(-c4cn[nH]c4)ccc32)CN1. The molecule has 3 heterocycles. The van der Waals surface area contributed by atoms with Crippen LogP contribution in [0.1, 0.15) is 20.3 Å². The molecule has 1 atom stereocenters. The summed E-state index contributed by atoms with van der Waals surface area (Å²) in [4.78, 5) is 0. The Labute approximate surface area is 130 Å². The van der Waals surface area contributed by atoms with E-state index < -0.39 is 0 Å². The number of benzene rings is 1. The van der Waals surface area contributed by atoms with Crippen LogP contribution in [0.2, 0.25) is 0 Å². The van der Waals surface area contributed by atoms with Crippen molar-refractivity contribution < 1.29 is 0 Å². The predicted octanol–water partition coefficient (Wildman–Crippen LogP) is 3.42. The van der Waals surface area contributed by atoms with Gasteiger partial charge in [0, 0.05) is 47.5 Å². The zero-order valence-corrected chi connectivity index (χ0v) is 13.1. The second-order valence-corrected chi connectivity index (χ2v) is 7.06. The molecule has 4 rings (SSSR count). The third-order valence-electron chi connectivity index (χ3n) is 4.73. The summed E-state index contributed by atoms with van der Waals surface area (Å²) in [6.45, 7) is 6.78. The van der Waals surface area contributed by atoms with Crippen LogP contribution in [0.25, 0.3) is 22.0 Å². The van der Waals surface area contributed by atoms with Crippen molar-refractivity contribution in [3.63, 3.8) is 0 Å². The Kier molecular flexibility index (Phi) is 3.08. The average molecular weight is 294 g/mol. The lowest BCUT2D eigenvalue weighted by molar-refractivity contribution is 0.421. The fraction of sp³-hybridized carbons (Fsp3) is 0.389. The van der Waals surface area contributed by atoms with E-state index in [1.165, 1.54) is 22.9 Å². The predicted molar refractivity (Wildman–Crippen MR) is 89.7 cm³/mol. The van der Waals surface area contributed by atoms with E-state index in [2.05, 4.69) is 64.4 Å². The second-order valence-electron chi connectivity index (χ2n) is 7.06. The van der Waals surface area contributed by atoms with Crippen molar-refractivity contribution in [2.45, 2.75) is 32.4 Å². The number of fused-ring (bicyclic) bond motifs is 1. The van der Waals surface area contributed by atoms with E-state index in [0.29, 0.717) is 5.92 Å². The quantitative estimate of drug-likeness (QED) is 0.777. The van der Waals surface area contributed by atoms with Crippen LogP contribution in [0.5, 0.6) is 0 Å². The smallest absolute Gasteiger partial charge is 0.0565 e. The summed E-state index contributed by atoms with van der Waals surface area (Å²) in [6, 6.07) is 8.87. The van der Waals surface area contributed by atoms with Gasteiger partial charge in [0.1, 0.15) is 0 Å². The van der Waals surface area contributed by atoms with Crippen molar-refractivity contribution in [1.29, 1.82) is 0 Å². The molecule has 114 valence electrons. The van der Waals surface area contributed by atoms with Gasteiger partial charge in [0.2, 0.25) is 0 Å². The number of rotatable bonds is 3. The zero-order chi connectivity index (χ0) is 15.2. The van der Waals surface area contributed by atoms with E-state index in [0.717, 1.165) is 18.7 Å². The first-order chi connectivity index (χ1) is 10.6. The van der Waals surface area contributed by atoms with Gasteiger partial charge in [0.15, 0.2) is 0 Å². The van der Waals surface area contributed by atoms with Gasteiger partial charge in [-0.25, -0.2) is 0 Å². The van der Waals surface area contributed by atoms with Gasteiger partial charge < -0.3 is 9.88 Å². The van der Waals surface area contributed by atoms with E-state index >= 15 is 0 Å². The number of H-pyrrole nitrogens is 1. The molecule has 1 aliphatic rings. The van der Waals surface area contributed by atoms with Crippen LogP contribution < -0.4 is 5.32 Å². The number of nitrogens with one attached hydrogen (secondary N) is 2. The molecule has 1 aromatic carbocycles. The third kappa shape index (κ3) is 2.44. The molecule has 1 saturated heterocycles. The highest BCUT2D eigenvalue weighted by atomic mass is 15.1. The molecule has 0 saturated carbocycles. The summed E-state index contributed by atoms with van der Waals surface area (Å²) in [7, 11) is 0. The van der Waals surface area contributed by atoms with Gasteiger partial charge in [-0.05, 0) is 49.9 Å². The first-order valence-electron chi connectivity index (χ1n) is 7.94. The highest BCUT2D eigenvalue weighted by Crippen LogP contribution is 2.28. The molecular formula is C18H22N4. The molecule has 2 N–H and O–H groups in total. The molecule has 4 heteroatoms. The summed E-state index contributed by atoms with van der Waals surface area (Å²) >= 11 is 0. The van der Waals surface area contributed by atoms with Crippen molar-refractivity contribution >= 4 is 10.9 Å². The molecule has 0 radical (unpaired) electrons. The zero-order valence-electron chi connectivity index (χ0n) is 13.1. The Hall–Kier alpha value is -2.07. The summed E-state index contributed by atoms with van der Waals surface area (Å²) in [5, 5.41) is 11.8. The van der Waals surface area contributed by atoms with Gasteiger partial charge in [-0.15, -0.1) is 0 Å². The average Bonchev–Trinajstić information content (AvgIpc) is 3.20. The second kappa shape index (κ2) is 4.99. The Morgan fingerprint density at radius 2 is 2.18 bits per heavy atom. The van der Waals surface area contributed by atoms with Crippen molar-refractivity contribution in [2.24, 2.45) is 5.92 Å². The minimum Gasteiger partial charge on any atom is -0.347 e. The normalized spacial score (nSPS) is 20.7. The van der Waals surface area contributed by atoms with E-state index in [9.17, 15) is 0 Å². The van der Waals surface area contributed by atoms with E-state index in [1.807, 2.05) is 12.4 Å². The minimum absolute atomic E-state index is 0.280. The Morgan fingerprint density at radius 1 is 1.27 bits per heavy atom. The maximum Gasteiger partial charge on any atom is 0.0565 e. The molecule has 22 heavy (non-hydrogen) atoms. The highest BCUT2D eigenvalue weighted by Gasteiger charge is 2.30. The van der Waals surface area contributed by atoms with Crippen molar-refractivity contribution in [1.82, 2.24) is 20.1 Å². The van der Waals surface area contributed by atoms with Crippen LogP contribution in [-0.4, -0.2) is 26.8 Å². The molecule has 0 amide bonds. The Bertz CT molecular complexity index is 783. The lowest BCUT2D eigenvalue weighted by Crippen LogP contribution is -2.31. The lowest BCUT2D eigenvalue weighted by atomic mass is 9.97. The van der Waals surface area contributed by atoms with Crippen molar-refractivity contribution in [3.05, 3.63) is 42.9 Å². The molecule has 1 aliphatic heterocycles. The fourth-order valence-corrected chi connectivity index (χ4v) is 3.64. The van der Waals surface area contributed by atoms with Gasteiger partial charge in [-0.1, -0.05) is 6.07 Å². The molecule has 1 fully saturated rings. The number of aromatic nitrogens is 3. The van der Waals surface area contributed by atoms with Crippen LogP contribution in [0.4, 0.5) is 0 Å². The van der Waals surface area contributed by atoms with Crippen LogP contribution in [0.15, 0.2) is 42.9 Å². The molecule has 0 spiro atoms. The highest BCUT2D eigenvalue weighted by molar-refractivity contribution is 5.85. The van der Waals surface area contributed by atoms with Crippen LogP contribution in [0.3, 0.4) is 0 Å². The van der Waals surface area contributed by atoms with Gasteiger partial charge >= 0.3 is 0 Å². The largest absolute Gasteiger partial charge is 0.347 e. The summed E-state index contributed by atoms with van der Waals surface area (Å²) in [6.07, 6.45) is 7.25. The molecule has 2 aromatic heterocycles. The number of hydrogen-bond donors (Lipinski definition) is 2. The Balaban J connectivity index is 1.61. The molecule has 4 nitrogen and oxygen atoms in total. The summed E-state index contributed by atoms with van der Waals surface area (Å²) in [5.74, 6) is 0.708. The molecule has 0 bridgehead atoms. The number of nitrogens with zero attached hydrogens (tertiary/aromatic N) is 2. The van der Waals surface area contributed by atoms with Crippen molar-refractivity contribution in [2.75, 3.05) is 6.54 Å². The Morgan fingerprint density at radius 3 is 2.91 bits per heavy atom. The maximum atomic E-state index is 4.03. The third-order valence-corrected chi connectivity index (χ3v) is 4.73. The molecular weight excluding hydrogens is 272 g/mol. The van der Waals surface area contributed by atoms with Crippen LogP contribution >= 0.6 is 0 Å². The molecule has 1 unspecified atom stereocenters. The van der Waals surface area contributed by atoms with E-state index in [-0.39, 0.29) is 5.54 Å². The monoisotopic (exact) mass is 294 g/mol. The van der Waals surface area contributed by atoms with Gasteiger partial charge in [0.05, 0.1) is 6.20 Å². The molecule has 0 aliphatic carbocycles. The lowest BCUT2D eigenvalue weighted by Gasteiger charge is -2.17. The topological polar surface area (TPSA) is 45.6 Å². The fourth-order valence-electron chi connectivity index (χ4n) is 3.64. The van der Waals surface area contributed by atoms with Crippen LogP contribution in [-0.2, 0) is 6.54 Å². The maximum absolute atomic E-state index is 4.03. The summed E-state index contributed by atoms with van der Waals surface area (Å²) in [5.41, 5.74) is 3.94. The number of hydrogen-bond acceptors (Lipinski definition) is 2. The number of aromatic amines is 1. The van der Waals surface area contributed by atoms with Gasteiger partial charge in [-0.3, -0.25) is 5.10 Å². The van der Waals surface area contributed by atoms with Crippen LogP contribution in [0, 0.1) is 5.92 Å². The van der Waals surface area contributed by atoms with Gasteiger partial charge in [0.25, 0.3) is 0 Å². The minimum atomic E-state index is 0.280. The van der Waals surface area contributed by atoms with Gasteiger partial charge in [-0.2, -0.15) is 5.10 Å². The van der Waals surface area contributed by atoms with Crippen molar-refractivity contribution in [3.8, 4) is 11.1 Å². The molecule has 3 aromatic rings.